The van der Waals surface area contributed by atoms with E-state index >= 15 is 0 Å². The SMILES string of the molecule is c1csc(CCSc2cn[nH]n2)c1. The minimum absolute atomic E-state index is 0.969. The third-order valence-corrected chi connectivity index (χ3v) is 3.41. The third-order valence-electron chi connectivity index (χ3n) is 1.57. The van der Waals surface area contributed by atoms with Gasteiger partial charge in [0.05, 0.1) is 6.20 Å². The van der Waals surface area contributed by atoms with Crippen LogP contribution in [0.1, 0.15) is 4.88 Å². The van der Waals surface area contributed by atoms with Crippen LogP contribution in [0.25, 0.3) is 0 Å². The van der Waals surface area contributed by atoms with Crippen LogP contribution in [0.4, 0.5) is 0 Å². The number of rotatable bonds is 4. The molecule has 3 nitrogen and oxygen atoms in total. The quantitative estimate of drug-likeness (QED) is 0.788. The van der Waals surface area contributed by atoms with E-state index in [1.807, 2.05) is 0 Å². The highest BCUT2D eigenvalue weighted by atomic mass is 32.2. The monoisotopic (exact) mass is 211 g/mol. The number of aromatic amines is 1. The van der Waals surface area contributed by atoms with Gasteiger partial charge in [0.15, 0.2) is 0 Å². The first-order chi connectivity index (χ1) is 6.45. The second-order valence-corrected chi connectivity index (χ2v) is 4.63. The number of aryl methyl sites for hydroxylation is 1. The summed E-state index contributed by atoms with van der Waals surface area (Å²) in [6, 6.07) is 4.24. The molecular weight excluding hydrogens is 202 g/mol. The summed E-state index contributed by atoms with van der Waals surface area (Å²) in [5.74, 6) is 1.06. The third kappa shape index (κ3) is 2.57. The molecule has 0 saturated carbocycles. The predicted molar refractivity (Wildman–Crippen MR) is 55.1 cm³/mol. The molecule has 0 fully saturated rings. The van der Waals surface area contributed by atoms with Crippen molar-refractivity contribution in [3.63, 3.8) is 0 Å². The molecule has 0 saturated heterocycles. The van der Waals surface area contributed by atoms with Crippen LogP contribution in [0.3, 0.4) is 0 Å². The highest BCUT2D eigenvalue weighted by Crippen LogP contribution is 2.17. The van der Waals surface area contributed by atoms with Gasteiger partial charge in [-0.2, -0.15) is 10.3 Å². The van der Waals surface area contributed by atoms with E-state index in [9.17, 15) is 0 Å². The van der Waals surface area contributed by atoms with Gasteiger partial charge in [-0.25, -0.2) is 0 Å². The zero-order valence-corrected chi connectivity index (χ0v) is 8.57. The van der Waals surface area contributed by atoms with E-state index in [1.165, 1.54) is 4.88 Å². The van der Waals surface area contributed by atoms with Crippen LogP contribution in [0.15, 0.2) is 28.7 Å². The van der Waals surface area contributed by atoms with Crippen LogP contribution in [-0.2, 0) is 6.42 Å². The molecule has 0 spiro atoms. The van der Waals surface area contributed by atoms with Gasteiger partial charge in [-0.1, -0.05) is 6.07 Å². The Morgan fingerprint density at radius 2 is 2.54 bits per heavy atom. The molecule has 0 unspecified atom stereocenters. The smallest absolute Gasteiger partial charge is 0.138 e. The van der Waals surface area contributed by atoms with Crippen LogP contribution in [0.2, 0.25) is 0 Å². The fourth-order valence-corrected chi connectivity index (χ4v) is 2.57. The lowest BCUT2D eigenvalue weighted by molar-refractivity contribution is 0.910. The molecule has 5 heteroatoms. The molecule has 0 bridgehead atoms. The summed E-state index contributed by atoms with van der Waals surface area (Å²) in [7, 11) is 0. The Morgan fingerprint density at radius 1 is 1.54 bits per heavy atom. The molecule has 13 heavy (non-hydrogen) atoms. The molecule has 2 heterocycles. The van der Waals surface area contributed by atoms with Crippen molar-refractivity contribution < 1.29 is 0 Å². The van der Waals surface area contributed by atoms with E-state index in [0.29, 0.717) is 0 Å². The van der Waals surface area contributed by atoms with E-state index in [0.717, 1.165) is 17.2 Å². The summed E-state index contributed by atoms with van der Waals surface area (Å²) in [6.45, 7) is 0. The molecule has 0 aromatic carbocycles. The summed E-state index contributed by atoms with van der Waals surface area (Å²) >= 11 is 3.53. The minimum atomic E-state index is 0.969. The first-order valence-corrected chi connectivity index (χ1v) is 5.82. The van der Waals surface area contributed by atoms with Gasteiger partial charge in [-0.15, -0.1) is 28.2 Å². The van der Waals surface area contributed by atoms with Gasteiger partial charge < -0.3 is 0 Å². The van der Waals surface area contributed by atoms with E-state index in [2.05, 4.69) is 32.9 Å². The number of nitrogens with one attached hydrogen (secondary N) is 1. The van der Waals surface area contributed by atoms with E-state index < -0.39 is 0 Å². The van der Waals surface area contributed by atoms with Gasteiger partial charge in [-0.3, -0.25) is 0 Å². The van der Waals surface area contributed by atoms with Gasteiger partial charge in [0.25, 0.3) is 0 Å². The average molecular weight is 211 g/mol. The predicted octanol–water partition coefficient (Wildman–Crippen LogP) is 2.20. The molecule has 0 aliphatic rings. The molecule has 0 aliphatic heterocycles. The Balaban J connectivity index is 1.76. The largest absolute Gasteiger partial charge is 0.197 e. The maximum absolute atomic E-state index is 3.97. The van der Waals surface area contributed by atoms with Crippen LogP contribution in [0, 0.1) is 0 Å². The van der Waals surface area contributed by atoms with Crippen LogP contribution in [0.5, 0.6) is 0 Å². The topological polar surface area (TPSA) is 41.6 Å². The van der Waals surface area contributed by atoms with Gasteiger partial charge >= 0.3 is 0 Å². The molecule has 2 aromatic rings. The minimum Gasteiger partial charge on any atom is -0.197 e. The fraction of sp³-hybridized carbons (Fsp3) is 0.250. The summed E-state index contributed by atoms with van der Waals surface area (Å²) < 4.78 is 0. The number of thiophene rings is 1. The number of hydrogen-bond acceptors (Lipinski definition) is 4. The molecule has 2 rings (SSSR count). The first-order valence-electron chi connectivity index (χ1n) is 3.96. The van der Waals surface area contributed by atoms with Crippen LogP contribution >= 0.6 is 23.1 Å². The Bertz CT molecular complexity index is 294. The zero-order valence-electron chi connectivity index (χ0n) is 6.93. The molecule has 1 N–H and O–H groups in total. The molecule has 0 atom stereocenters. The van der Waals surface area contributed by atoms with Crippen molar-refractivity contribution in [1.82, 2.24) is 15.4 Å². The molecule has 0 radical (unpaired) electrons. The standard InChI is InChI=1S/C8H9N3S2/c1-2-7(12-4-1)3-5-13-8-6-9-11-10-8/h1-2,4,6H,3,5H2,(H,9,10,11). The second-order valence-electron chi connectivity index (χ2n) is 2.49. The van der Waals surface area contributed by atoms with Crippen molar-refractivity contribution in [2.24, 2.45) is 0 Å². The van der Waals surface area contributed by atoms with Crippen molar-refractivity contribution >= 4 is 23.1 Å². The number of H-pyrrole nitrogens is 1. The van der Waals surface area contributed by atoms with Crippen molar-refractivity contribution in [2.45, 2.75) is 11.4 Å². The van der Waals surface area contributed by atoms with Gasteiger partial charge in [-0.05, 0) is 17.9 Å². The van der Waals surface area contributed by atoms with Crippen molar-refractivity contribution in [3.8, 4) is 0 Å². The van der Waals surface area contributed by atoms with Crippen molar-refractivity contribution in [2.75, 3.05) is 5.75 Å². The summed E-state index contributed by atoms with van der Waals surface area (Å²) in [5, 5.41) is 13.4. The van der Waals surface area contributed by atoms with Crippen molar-refractivity contribution in [3.05, 3.63) is 28.6 Å². The first kappa shape index (κ1) is 8.77. The number of aromatic nitrogens is 3. The fourth-order valence-electron chi connectivity index (χ4n) is 0.972. The lowest BCUT2D eigenvalue weighted by Crippen LogP contribution is -1.84. The molecule has 0 amide bonds. The maximum atomic E-state index is 3.97. The summed E-state index contributed by atoms with van der Waals surface area (Å²) in [6.07, 6.45) is 2.86. The Morgan fingerprint density at radius 3 is 3.23 bits per heavy atom. The van der Waals surface area contributed by atoms with E-state index in [1.54, 1.807) is 29.3 Å². The lowest BCUT2D eigenvalue weighted by Gasteiger charge is -1.94. The van der Waals surface area contributed by atoms with Crippen LogP contribution in [-0.4, -0.2) is 21.2 Å². The number of thioether (sulfide) groups is 1. The van der Waals surface area contributed by atoms with Crippen molar-refractivity contribution in [1.29, 1.82) is 0 Å². The molecule has 2 aromatic heterocycles. The Hall–Kier alpha value is -0.810. The maximum Gasteiger partial charge on any atom is 0.138 e. The lowest BCUT2D eigenvalue weighted by atomic mass is 10.4. The number of hydrogen-bond donors (Lipinski definition) is 1. The van der Waals surface area contributed by atoms with E-state index in [4.69, 9.17) is 0 Å². The van der Waals surface area contributed by atoms with Gasteiger partial charge in [0, 0.05) is 10.6 Å². The normalized spacial score (nSPS) is 10.5. The molecular formula is C8H9N3S2. The van der Waals surface area contributed by atoms with E-state index in [-0.39, 0.29) is 0 Å². The zero-order chi connectivity index (χ0) is 8.93. The Labute approximate surface area is 84.6 Å². The summed E-state index contributed by atoms with van der Waals surface area (Å²) in [5.41, 5.74) is 0. The average Bonchev–Trinajstić information content (AvgIpc) is 2.75. The van der Waals surface area contributed by atoms with Gasteiger partial charge in [0.1, 0.15) is 5.03 Å². The second kappa shape index (κ2) is 4.43. The number of nitrogens with zero attached hydrogens (tertiary/aromatic N) is 2. The van der Waals surface area contributed by atoms with Crippen LogP contribution < -0.4 is 0 Å². The highest BCUT2D eigenvalue weighted by molar-refractivity contribution is 7.99. The molecule has 0 aliphatic carbocycles. The summed E-state index contributed by atoms with van der Waals surface area (Å²) in [4.78, 5) is 1.43. The highest BCUT2D eigenvalue weighted by Gasteiger charge is 1.97. The molecule has 68 valence electrons. The van der Waals surface area contributed by atoms with Gasteiger partial charge in [0.2, 0.25) is 0 Å². The Kier molecular flexibility index (Phi) is 2.99.